The zero-order valence-corrected chi connectivity index (χ0v) is 6.75. The summed E-state index contributed by atoms with van der Waals surface area (Å²) in [7, 11) is 0. The molecule has 0 aromatic carbocycles. The third kappa shape index (κ3) is 2.30. The second-order valence-electron chi connectivity index (χ2n) is 2.90. The molecular weight excluding hydrogens is 140 g/mol. The largest absolute Gasteiger partial charge is 0.512 e. The van der Waals surface area contributed by atoms with Crippen LogP contribution in [-0.2, 0) is 0 Å². The minimum absolute atomic E-state index is 0.0336. The van der Waals surface area contributed by atoms with Gasteiger partial charge < -0.3 is 10.2 Å². The van der Waals surface area contributed by atoms with Crippen LogP contribution in [0.15, 0.2) is 23.7 Å². The molecule has 2 nitrogen and oxygen atoms in total. The van der Waals surface area contributed by atoms with Crippen molar-refractivity contribution in [2.45, 2.75) is 26.2 Å². The van der Waals surface area contributed by atoms with Gasteiger partial charge in [-0.1, -0.05) is 12.5 Å². The Morgan fingerprint density at radius 2 is 2.18 bits per heavy atom. The molecule has 0 aromatic rings. The van der Waals surface area contributed by atoms with Gasteiger partial charge in [0.1, 0.15) is 12.0 Å². The Balaban J connectivity index is 2.58. The van der Waals surface area contributed by atoms with Crippen LogP contribution in [0.1, 0.15) is 26.2 Å². The summed E-state index contributed by atoms with van der Waals surface area (Å²) in [6.45, 7) is 2.06. The summed E-state index contributed by atoms with van der Waals surface area (Å²) in [5, 5.41) is 17.4. The van der Waals surface area contributed by atoms with Gasteiger partial charge in [-0.05, 0) is 31.3 Å². The van der Waals surface area contributed by atoms with Crippen LogP contribution >= 0.6 is 0 Å². The summed E-state index contributed by atoms with van der Waals surface area (Å²) in [6.07, 6.45) is 5.83. The Kier molecular flexibility index (Phi) is 2.58. The second-order valence-corrected chi connectivity index (χ2v) is 2.90. The van der Waals surface area contributed by atoms with Crippen molar-refractivity contribution in [3.63, 3.8) is 0 Å². The highest BCUT2D eigenvalue weighted by Gasteiger charge is 2.24. The summed E-state index contributed by atoms with van der Waals surface area (Å²) in [5.41, 5.74) is 1.24. The van der Waals surface area contributed by atoms with Crippen LogP contribution < -0.4 is 0 Å². The molecule has 0 atom stereocenters. The van der Waals surface area contributed by atoms with Gasteiger partial charge in [0.25, 0.3) is 0 Å². The summed E-state index contributed by atoms with van der Waals surface area (Å²) < 4.78 is 0. The lowest BCUT2D eigenvalue weighted by molar-refractivity contribution is 0.376. The van der Waals surface area contributed by atoms with Crippen LogP contribution in [0, 0.1) is 5.92 Å². The Labute approximate surface area is 66.9 Å². The van der Waals surface area contributed by atoms with E-state index in [-0.39, 0.29) is 5.76 Å². The summed E-state index contributed by atoms with van der Waals surface area (Å²) in [5.74, 6) is 0.635. The van der Waals surface area contributed by atoms with Crippen molar-refractivity contribution in [1.29, 1.82) is 0 Å². The Morgan fingerprint density at radius 3 is 2.55 bits per heavy atom. The molecule has 1 aliphatic rings. The van der Waals surface area contributed by atoms with Crippen molar-refractivity contribution in [3.05, 3.63) is 23.7 Å². The molecule has 1 saturated carbocycles. The predicted molar refractivity (Wildman–Crippen MR) is 44.4 cm³/mol. The van der Waals surface area contributed by atoms with Gasteiger partial charge in [-0.3, -0.25) is 0 Å². The van der Waals surface area contributed by atoms with E-state index in [0.29, 0.717) is 5.92 Å². The maximum atomic E-state index is 8.97. The molecule has 0 unspecified atom stereocenters. The fourth-order valence-electron chi connectivity index (χ4n) is 1.19. The number of hydrogen-bond acceptors (Lipinski definition) is 2. The molecule has 0 bridgehead atoms. The van der Waals surface area contributed by atoms with Crippen LogP contribution in [0.2, 0.25) is 0 Å². The highest BCUT2D eigenvalue weighted by molar-refractivity contribution is 5.21. The maximum Gasteiger partial charge on any atom is 0.149 e. The third-order valence-electron chi connectivity index (χ3n) is 1.98. The molecule has 0 aromatic heterocycles. The SMILES string of the molecule is CC/C(=C\C(O)=C\O)C1CC1. The zero-order valence-electron chi connectivity index (χ0n) is 6.75. The van der Waals surface area contributed by atoms with E-state index in [2.05, 4.69) is 6.92 Å². The molecule has 0 spiro atoms. The number of rotatable bonds is 3. The second kappa shape index (κ2) is 3.46. The molecule has 0 radical (unpaired) electrons. The Morgan fingerprint density at radius 1 is 1.55 bits per heavy atom. The van der Waals surface area contributed by atoms with Gasteiger partial charge >= 0.3 is 0 Å². The molecule has 1 fully saturated rings. The van der Waals surface area contributed by atoms with Gasteiger partial charge in [-0.25, -0.2) is 0 Å². The highest BCUT2D eigenvalue weighted by atomic mass is 16.3. The van der Waals surface area contributed by atoms with Crippen molar-refractivity contribution in [2.75, 3.05) is 0 Å². The fraction of sp³-hybridized carbons (Fsp3) is 0.556. The molecule has 0 amide bonds. The molecule has 0 aliphatic heterocycles. The van der Waals surface area contributed by atoms with E-state index in [9.17, 15) is 0 Å². The van der Waals surface area contributed by atoms with Crippen molar-refractivity contribution >= 4 is 0 Å². The summed E-state index contributed by atoms with van der Waals surface area (Å²) in [4.78, 5) is 0. The first-order chi connectivity index (χ1) is 5.27. The van der Waals surface area contributed by atoms with Gasteiger partial charge in [0, 0.05) is 0 Å². The van der Waals surface area contributed by atoms with Crippen molar-refractivity contribution in [1.82, 2.24) is 0 Å². The summed E-state index contributed by atoms with van der Waals surface area (Å²) >= 11 is 0. The van der Waals surface area contributed by atoms with E-state index in [4.69, 9.17) is 10.2 Å². The molecule has 62 valence electrons. The van der Waals surface area contributed by atoms with Gasteiger partial charge in [-0.15, -0.1) is 0 Å². The van der Waals surface area contributed by atoms with E-state index < -0.39 is 0 Å². The molecular formula is C9H14O2. The summed E-state index contributed by atoms with van der Waals surface area (Å²) in [6, 6.07) is 0. The molecule has 11 heavy (non-hydrogen) atoms. The predicted octanol–water partition coefficient (Wildman–Crippen LogP) is 2.69. The average molecular weight is 154 g/mol. The van der Waals surface area contributed by atoms with Crippen LogP contribution in [0.25, 0.3) is 0 Å². The van der Waals surface area contributed by atoms with Crippen LogP contribution in [0.4, 0.5) is 0 Å². The van der Waals surface area contributed by atoms with Crippen molar-refractivity contribution < 1.29 is 10.2 Å². The lowest BCUT2D eigenvalue weighted by Crippen LogP contribution is -1.85. The first kappa shape index (κ1) is 8.18. The molecule has 0 saturated heterocycles. The first-order valence-corrected chi connectivity index (χ1v) is 4.01. The smallest absolute Gasteiger partial charge is 0.149 e. The van der Waals surface area contributed by atoms with Crippen LogP contribution in [0.3, 0.4) is 0 Å². The van der Waals surface area contributed by atoms with Gasteiger partial charge in [0.05, 0.1) is 0 Å². The van der Waals surface area contributed by atoms with Crippen LogP contribution in [-0.4, -0.2) is 10.2 Å². The molecule has 1 aliphatic carbocycles. The lowest BCUT2D eigenvalue weighted by Gasteiger charge is -1.99. The molecule has 1 rings (SSSR count). The van der Waals surface area contributed by atoms with E-state index in [0.717, 1.165) is 12.7 Å². The molecule has 2 heteroatoms. The molecule has 0 heterocycles. The Hall–Kier alpha value is -0.920. The standard InChI is InChI=1S/C9H14O2/c1-2-7(8-3-4-8)5-9(11)6-10/h5-6,8,10-11H,2-4H2,1H3/b7-5+,9-6-. The van der Waals surface area contributed by atoms with Crippen molar-refractivity contribution in [2.24, 2.45) is 5.92 Å². The maximum absolute atomic E-state index is 8.97. The van der Waals surface area contributed by atoms with E-state index in [1.165, 1.54) is 18.4 Å². The van der Waals surface area contributed by atoms with Crippen molar-refractivity contribution in [3.8, 4) is 0 Å². The average Bonchev–Trinajstić information content (AvgIpc) is 2.82. The number of aliphatic hydroxyl groups is 2. The number of aliphatic hydroxyl groups excluding tert-OH is 2. The first-order valence-electron chi connectivity index (χ1n) is 4.01. The van der Waals surface area contributed by atoms with E-state index in [1.807, 2.05) is 0 Å². The monoisotopic (exact) mass is 154 g/mol. The third-order valence-corrected chi connectivity index (χ3v) is 1.98. The zero-order chi connectivity index (χ0) is 8.27. The molecule has 2 N–H and O–H groups in total. The van der Waals surface area contributed by atoms with Gasteiger partial charge in [-0.2, -0.15) is 0 Å². The highest BCUT2D eigenvalue weighted by Crippen LogP contribution is 2.38. The van der Waals surface area contributed by atoms with Crippen LogP contribution in [0.5, 0.6) is 0 Å². The minimum atomic E-state index is -0.0336. The number of hydrogen-bond donors (Lipinski definition) is 2. The minimum Gasteiger partial charge on any atom is -0.512 e. The Bertz CT molecular complexity index is 188. The fourth-order valence-corrected chi connectivity index (χ4v) is 1.19. The van der Waals surface area contributed by atoms with Gasteiger partial charge in [0.15, 0.2) is 0 Å². The van der Waals surface area contributed by atoms with E-state index in [1.54, 1.807) is 6.08 Å². The number of allylic oxidation sites excluding steroid dienone is 2. The quantitative estimate of drug-likeness (QED) is 0.484. The lowest BCUT2D eigenvalue weighted by atomic mass is 10.1. The topological polar surface area (TPSA) is 40.5 Å². The normalized spacial score (nSPS) is 20.5. The van der Waals surface area contributed by atoms with E-state index >= 15 is 0 Å². The van der Waals surface area contributed by atoms with Gasteiger partial charge in [0.2, 0.25) is 0 Å².